The summed E-state index contributed by atoms with van der Waals surface area (Å²) in [7, 11) is 0. The Morgan fingerprint density at radius 3 is 2.57 bits per heavy atom. The number of aryl methyl sites for hydroxylation is 1. The van der Waals surface area contributed by atoms with Crippen LogP contribution < -0.4 is 4.90 Å². The number of carbonyl (C=O) groups is 1. The van der Waals surface area contributed by atoms with E-state index >= 15 is 0 Å². The first-order chi connectivity index (χ1) is 14.6. The molecule has 0 radical (unpaired) electrons. The molecule has 10 heteroatoms. The molecule has 30 heavy (non-hydrogen) atoms. The highest BCUT2D eigenvalue weighted by molar-refractivity contribution is 5.98. The number of nitro benzene ring substituents is 1. The van der Waals surface area contributed by atoms with Crippen LogP contribution in [0.3, 0.4) is 0 Å². The Morgan fingerprint density at radius 1 is 1.17 bits per heavy atom. The van der Waals surface area contributed by atoms with Crippen molar-refractivity contribution in [2.75, 3.05) is 31.1 Å². The fourth-order valence-corrected chi connectivity index (χ4v) is 3.34. The minimum absolute atomic E-state index is 0.116. The maximum atomic E-state index is 12.8. The van der Waals surface area contributed by atoms with Crippen LogP contribution in [0.4, 0.5) is 11.5 Å². The van der Waals surface area contributed by atoms with Gasteiger partial charge in [-0.25, -0.2) is 4.98 Å². The van der Waals surface area contributed by atoms with Crippen LogP contribution in [0.5, 0.6) is 0 Å². The summed E-state index contributed by atoms with van der Waals surface area (Å²) in [6.07, 6.45) is 2.37. The zero-order valence-electron chi connectivity index (χ0n) is 16.4. The highest BCUT2D eigenvalue weighted by Gasteiger charge is 2.27. The second-order valence-electron chi connectivity index (χ2n) is 6.82. The van der Waals surface area contributed by atoms with Gasteiger partial charge >= 0.3 is 0 Å². The third-order valence-electron chi connectivity index (χ3n) is 5.00. The number of nitrogens with zero attached hydrogens (tertiary/aromatic N) is 6. The zero-order chi connectivity index (χ0) is 21.1. The predicted octanol–water partition coefficient (Wildman–Crippen LogP) is 2.56. The number of hydrogen-bond donors (Lipinski definition) is 0. The van der Waals surface area contributed by atoms with E-state index in [9.17, 15) is 14.9 Å². The van der Waals surface area contributed by atoms with Crippen molar-refractivity contribution >= 4 is 17.4 Å². The Hall–Kier alpha value is -3.82. The molecule has 0 unspecified atom stereocenters. The summed E-state index contributed by atoms with van der Waals surface area (Å²) in [6, 6.07) is 9.81. The van der Waals surface area contributed by atoms with Crippen molar-refractivity contribution in [3.63, 3.8) is 0 Å². The molecule has 3 aromatic rings. The third-order valence-corrected chi connectivity index (χ3v) is 5.00. The standard InChI is InChI=1S/C20H20N6O4/c1-2-18-22-19(23-30-18)14-7-8-17(21-13-14)24-9-11-25(12-10-24)20(27)15-5-3-4-6-16(15)26(28)29/h3-8,13H,2,9-12H2,1H3. The van der Waals surface area contributed by atoms with Crippen molar-refractivity contribution in [3.05, 3.63) is 64.2 Å². The molecule has 0 atom stereocenters. The first-order valence-corrected chi connectivity index (χ1v) is 9.63. The fraction of sp³-hybridized carbons (Fsp3) is 0.300. The molecule has 0 N–H and O–H groups in total. The Kier molecular flexibility index (Phi) is 5.38. The molecule has 0 aliphatic carbocycles. The molecule has 1 aliphatic rings. The first kappa shape index (κ1) is 19.5. The van der Waals surface area contributed by atoms with Crippen molar-refractivity contribution in [3.8, 4) is 11.4 Å². The van der Waals surface area contributed by atoms with Gasteiger partial charge in [0.25, 0.3) is 11.6 Å². The molecule has 10 nitrogen and oxygen atoms in total. The van der Waals surface area contributed by atoms with Crippen LogP contribution in [0.15, 0.2) is 47.1 Å². The summed E-state index contributed by atoms with van der Waals surface area (Å²) in [5.74, 6) is 1.55. The van der Waals surface area contributed by atoms with E-state index in [1.165, 1.54) is 12.1 Å². The molecule has 0 bridgehead atoms. The lowest BCUT2D eigenvalue weighted by molar-refractivity contribution is -0.385. The van der Waals surface area contributed by atoms with Gasteiger partial charge in [-0.1, -0.05) is 24.2 Å². The number of piperazine rings is 1. The molecular weight excluding hydrogens is 388 g/mol. The first-order valence-electron chi connectivity index (χ1n) is 9.63. The molecule has 154 valence electrons. The van der Waals surface area contributed by atoms with E-state index in [1.807, 2.05) is 19.1 Å². The van der Waals surface area contributed by atoms with Crippen LogP contribution in [0.2, 0.25) is 0 Å². The van der Waals surface area contributed by atoms with Crippen molar-refractivity contribution in [2.24, 2.45) is 0 Å². The molecule has 4 rings (SSSR count). The molecule has 1 aliphatic heterocycles. The van der Waals surface area contributed by atoms with Gasteiger partial charge < -0.3 is 14.3 Å². The SMILES string of the molecule is CCc1nc(-c2ccc(N3CCN(C(=O)c4ccccc4[N+](=O)[O-])CC3)nc2)no1. The van der Waals surface area contributed by atoms with Crippen molar-refractivity contribution in [1.29, 1.82) is 0 Å². The lowest BCUT2D eigenvalue weighted by Gasteiger charge is -2.35. The monoisotopic (exact) mass is 408 g/mol. The van der Waals surface area contributed by atoms with E-state index in [4.69, 9.17) is 4.52 Å². The number of nitro groups is 1. The number of para-hydroxylation sites is 1. The van der Waals surface area contributed by atoms with Gasteiger partial charge in [-0.2, -0.15) is 4.98 Å². The van der Waals surface area contributed by atoms with Gasteiger partial charge in [0.1, 0.15) is 11.4 Å². The lowest BCUT2D eigenvalue weighted by atomic mass is 10.1. The number of carbonyl (C=O) groups excluding carboxylic acids is 1. The average Bonchev–Trinajstić information content (AvgIpc) is 3.28. The van der Waals surface area contributed by atoms with Gasteiger partial charge in [-0.15, -0.1) is 0 Å². The second-order valence-corrected chi connectivity index (χ2v) is 6.82. The largest absolute Gasteiger partial charge is 0.353 e. The number of anilines is 1. The number of benzene rings is 1. The van der Waals surface area contributed by atoms with Crippen molar-refractivity contribution < 1.29 is 14.2 Å². The summed E-state index contributed by atoms with van der Waals surface area (Å²) in [5.41, 5.74) is 0.715. The quantitative estimate of drug-likeness (QED) is 0.467. The van der Waals surface area contributed by atoms with E-state index in [1.54, 1.807) is 23.2 Å². The molecular formula is C20H20N6O4. The Bertz CT molecular complexity index is 1060. The predicted molar refractivity (Wildman–Crippen MR) is 108 cm³/mol. The second kappa shape index (κ2) is 8.27. The lowest BCUT2D eigenvalue weighted by Crippen LogP contribution is -2.49. The number of hydrogen-bond acceptors (Lipinski definition) is 8. The minimum Gasteiger partial charge on any atom is -0.353 e. The van der Waals surface area contributed by atoms with Crippen LogP contribution in [0, 0.1) is 10.1 Å². The Morgan fingerprint density at radius 2 is 1.93 bits per heavy atom. The average molecular weight is 408 g/mol. The van der Waals surface area contributed by atoms with E-state index in [-0.39, 0.29) is 17.2 Å². The van der Waals surface area contributed by atoms with Gasteiger partial charge in [-0.05, 0) is 18.2 Å². The van der Waals surface area contributed by atoms with E-state index in [0.717, 1.165) is 11.4 Å². The smallest absolute Gasteiger partial charge is 0.282 e. The number of pyridine rings is 1. The summed E-state index contributed by atoms with van der Waals surface area (Å²) >= 11 is 0. The summed E-state index contributed by atoms with van der Waals surface area (Å²) < 4.78 is 5.13. The topological polar surface area (TPSA) is 118 Å². The fourth-order valence-electron chi connectivity index (χ4n) is 3.34. The molecule has 0 spiro atoms. The Balaban J connectivity index is 1.41. The number of amides is 1. The summed E-state index contributed by atoms with van der Waals surface area (Å²) in [5, 5.41) is 15.1. The van der Waals surface area contributed by atoms with E-state index in [2.05, 4.69) is 20.0 Å². The van der Waals surface area contributed by atoms with Gasteiger partial charge in [-0.3, -0.25) is 14.9 Å². The third kappa shape index (κ3) is 3.84. The van der Waals surface area contributed by atoms with Gasteiger partial charge in [0.15, 0.2) is 0 Å². The molecule has 1 saturated heterocycles. The van der Waals surface area contributed by atoms with Gasteiger partial charge in [0.05, 0.1) is 4.92 Å². The molecule has 1 amide bonds. The molecule has 1 aromatic carbocycles. The van der Waals surface area contributed by atoms with Crippen LogP contribution in [0.1, 0.15) is 23.2 Å². The van der Waals surface area contributed by atoms with Crippen LogP contribution >= 0.6 is 0 Å². The Labute approximate surface area is 172 Å². The molecule has 1 fully saturated rings. The highest BCUT2D eigenvalue weighted by atomic mass is 16.6. The molecule has 0 saturated carbocycles. The van der Waals surface area contributed by atoms with Crippen LogP contribution in [0.25, 0.3) is 11.4 Å². The van der Waals surface area contributed by atoms with E-state index in [0.29, 0.717) is 44.3 Å². The van der Waals surface area contributed by atoms with Crippen molar-refractivity contribution in [2.45, 2.75) is 13.3 Å². The maximum Gasteiger partial charge on any atom is 0.282 e. The summed E-state index contributed by atoms with van der Waals surface area (Å²) in [4.78, 5) is 35.9. The van der Waals surface area contributed by atoms with E-state index < -0.39 is 4.92 Å². The summed E-state index contributed by atoms with van der Waals surface area (Å²) in [6.45, 7) is 4.03. The minimum atomic E-state index is -0.526. The van der Waals surface area contributed by atoms with Crippen molar-refractivity contribution in [1.82, 2.24) is 20.0 Å². The molecule has 3 heterocycles. The maximum absolute atomic E-state index is 12.8. The number of rotatable bonds is 5. The van der Waals surface area contributed by atoms with Gasteiger partial charge in [0, 0.05) is 50.4 Å². The van der Waals surface area contributed by atoms with Crippen LogP contribution in [-0.4, -0.2) is 57.0 Å². The molecule has 2 aromatic heterocycles. The number of aromatic nitrogens is 3. The normalized spacial score (nSPS) is 14.0. The zero-order valence-corrected chi connectivity index (χ0v) is 16.4. The highest BCUT2D eigenvalue weighted by Crippen LogP contribution is 2.22. The van der Waals surface area contributed by atoms with Crippen LogP contribution in [-0.2, 0) is 6.42 Å². The van der Waals surface area contributed by atoms with Gasteiger partial charge in [0.2, 0.25) is 11.7 Å².